The van der Waals surface area contributed by atoms with Gasteiger partial charge in [0.2, 0.25) is 0 Å². The minimum atomic E-state index is 0.822. The van der Waals surface area contributed by atoms with E-state index in [4.69, 9.17) is 0 Å². The van der Waals surface area contributed by atoms with E-state index in [-0.39, 0.29) is 0 Å². The van der Waals surface area contributed by atoms with E-state index >= 15 is 0 Å². The average molecular weight is 396 g/mol. The van der Waals surface area contributed by atoms with E-state index in [0.29, 0.717) is 0 Å². The molecule has 0 spiro atoms. The highest BCUT2D eigenvalue weighted by Gasteiger charge is 2.10. The van der Waals surface area contributed by atoms with Gasteiger partial charge in [0.25, 0.3) is 0 Å². The number of anilines is 3. The molecule has 0 radical (unpaired) electrons. The van der Waals surface area contributed by atoms with Gasteiger partial charge in [-0.05, 0) is 60.2 Å². The number of hydrogen-bond donors (Lipinski definition) is 2. The number of hydrogen-bond acceptors (Lipinski definition) is 4. The van der Waals surface area contributed by atoms with Crippen LogP contribution < -0.4 is 10.6 Å². The summed E-state index contributed by atoms with van der Waals surface area (Å²) in [5, 5.41) is 6.78. The molecule has 0 amide bonds. The molecule has 2 aromatic rings. The van der Waals surface area contributed by atoms with Crippen LogP contribution in [0.3, 0.4) is 0 Å². The van der Waals surface area contributed by atoms with E-state index in [1.165, 1.54) is 3.57 Å². The molecule has 1 heterocycles. The standard InChI is InChI=1S/C16H21IN4/c1-4-10-18-15-11(3)16(21-14(5-2)20-15)19-13-8-6-12(17)7-9-13/h6-9H,4-5,10H2,1-3H3,(H2,18,19,20,21). The van der Waals surface area contributed by atoms with Crippen molar-refractivity contribution in [3.8, 4) is 0 Å². The third kappa shape index (κ3) is 4.30. The summed E-state index contributed by atoms with van der Waals surface area (Å²) in [7, 11) is 0. The second-order valence-electron chi connectivity index (χ2n) is 4.87. The lowest BCUT2D eigenvalue weighted by molar-refractivity contribution is 0.911. The number of nitrogens with one attached hydrogen (secondary N) is 2. The molecule has 4 nitrogen and oxygen atoms in total. The lowest BCUT2D eigenvalue weighted by Crippen LogP contribution is -2.10. The van der Waals surface area contributed by atoms with E-state index < -0.39 is 0 Å². The number of halogens is 1. The Bertz CT molecular complexity index is 596. The van der Waals surface area contributed by atoms with E-state index in [9.17, 15) is 0 Å². The van der Waals surface area contributed by atoms with Gasteiger partial charge < -0.3 is 10.6 Å². The summed E-state index contributed by atoms with van der Waals surface area (Å²) in [5.41, 5.74) is 2.10. The topological polar surface area (TPSA) is 49.8 Å². The zero-order valence-corrected chi connectivity index (χ0v) is 14.9. The Morgan fingerprint density at radius 2 is 1.71 bits per heavy atom. The van der Waals surface area contributed by atoms with Crippen LogP contribution in [0.15, 0.2) is 24.3 Å². The molecule has 0 aliphatic carbocycles. The molecule has 21 heavy (non-hydrogen) atoms. The number of aryl methyl sites for hydroxylation is 1. The highest BCUT2D eigenvalue weighted by Crippen LogP contribution is 2.24. The Morgan fingerprint density at radius 3 is 2.33 bits per heavy atom. The molecule has 0 atom stereocenters. The molecule has 0 saturated carbocycles. The molecule has 0 fully saturated rings. The summed E-state index contributed by atoms with van der Waals surface area (Å²) in [4.78, 5) is 9.19. The van der Waals surface area contributed by atoms with Gasteiger partial charge >= 0.3 is 0 Å². The van der Waals surface area contributed by atoms with Crippen molar-refractivity contribution < 1.29 is 0 Å². The molecule has 5 heteroatoms. The van der Waals surface area contributed by atoms with Crippen LogP contribution in [0.5, 0.6) is 0 Å². The Balaban J connectivity index is 2.30. The quantitative estimate of drug-likeness (QED) is 0.706. The maximum Gasteiger partial charge on any atom is 0.139 e. The molecule has 2 rings (SSSR count). The Hall–Kier alpha value is -1.37. The van der Waals surface area contributed by atoms with Crippen LogP contribution in [0.2, 0.25) is 0 Å². The van der Waals surface area contributed by atoms with Crippen LogP contribution in [0, 0.1) is 10.5 Å². The van der Waals surface area contributed by atoms with Crippen LogP contribution >= 0.6 is 22.6 Å². The Morgan fingerprint density at radius 1 is 1.05 bits per heavy atom. The normalized spacial score (nSPS) is 10.5. The molecule has 0 unspecified atom stereocenters. The van der Waals surface area contributed by atoms with Crippen molar-refractivity contribution in [2.75, 3.05) is 17.2 Å². The minimum Gasteiger partial charge on any atom is -0.370 e. The van der Waals surface area contributed by atoms with Crippen molar-refractivity contribution in [2.45, 2.75) is 33.6 Å². The summed E-state index contributed by atoms with van der Waals surface area (Å²) in [5.74, 6) is 2.66. The smallest absolute Gasteiger partial charge is 0.139 e. The summed E-state index contributed by atoms with van der Waals surface area (Å²) >= 11 is 2.30. The number of aromatic nitrogens is 2. The van der Waals surface area contributed by atoms with E-state index in [0.717, 1.165) is 48.1 Å². The molecule has 2 N–H and O–H groups in total. The van der Waals surface area contributed by atoms with E-state index in [1.54, 1.807) is 0 Å². The maximum absolute atomic E-state index is 4.61. The van der Waals surface area contributed by atoms with Crippen molar-refractivity contribution in [1.29, 1.82) is 0 Å². The molecule has 0 bridgehead atoms. The SMILES string of the molecule is CCCNc1nc(CC)nc(Nc2ccc(I)cc2)c1C. The Labute approximate surface area is 139 Å². The molecule has 0 aliphatic rings. The molecule has 112 valence electrons. The zero-order chi connectivity index (χ0) is 15.2. The van der Waals surface area contributed by atoms with Crippen LogP contribution in [-0.2, 0) is 6.42 Å². The second-order valence-corrected chi connectivity index (χ2v) is 6.12. The van der Waals surface area contributed by atoms with Crippen LogP contribution in [-0.4, -0.2) is 16.5 Å². The fourth-order valence-corrected chi connectivity index (χ4v) is 2.29. The number of benzene rings is 1. The first-order valence-corrected chi connectivity index (χ1v) is 8.35. The summed E-state index contributed by atoms with van der Waals surface area (Å²) in [6, 6.07) is 8.29. The molecular weight excluding hydrogens is 375 g/mol. The maximum atomic E-state index is 4.61. The third-order valence-electron chi connectivity index (χ3n) is 3.16. The zero-order valence-electron chi connectivity index (χ0n) is 12.7. The molecular formula is C16H21IN4. The number of nitrogens with zero attached hydrogens (tertiary/aromatic N) is 2. The fraction of sp³-hybridized carbons (Fsp3) is 0.375. The first kappa shape index (κ1) is 16.0. The van der Waals surface area contributed by atoms with Gasteiger partial charge in [-0.15, -0.1) is 0 Å². The minimum absolute atomic E-state index is 0.822. The van der Waals surface area contributed by atoms with Crippen molar-refractivity contribution in [3.05, 3.63) is 39.2 Å². The first-order valence-electron chi connectivity index (χ1n) is 7.28. The molecule has 0 saturated heterocycles. The predicted octanol–water partition coefficient (Wildman–Crippen LogP) is 4.52. The number of rotatable bonds is 6. The lowest BCUT2D eigenvalue weighted by atomic mass is 10.2. The predicted molar refractivity (Wildman–Crippen MR) is 97.4 cm³/mol. The van der Waals surface area contributed by atoms with Crippen LogP contribution in [0.1, 0.15) is 31.7 Å². The first-order chi connectivity index (χ1) is 10.1. The summed E-state index contributed by atoms with van der Waals surface area (Å²) < 4.78 is 1.22. The lowest BCUT2D eigenvalue weighted by Gasteiger charge is -2.14. The van der Waals surface area contributed by atoms with Crippen LogP contribution in [0.25, 0.3) is 0 Å². The van der Waals surface area contributed by atoms with Crippen molar-refractivity contribution in [3.63, 3.8) is 0 Å². The summed E-state index contributed by atoms with van der Waals surface area (Å²) in [6.45, 7) is 7.19. The van der Waals surface area contributed by atoms with Gasteiger partial charge in [0.1, 0.15) is 17.5 Å². The van der Waals surface area contributed by atoms with Gasteiger partial charge in [-0.25, -0.2) is 9.97 Å². The fourth-order valence-electron chi connectivity index (χ4n) is 1.93. The van der Waals surface area contributed by atoms with E-state index in [1.807, 2.05) is 6.92 Å². The van der Waals surface area contributed by atoms with Gasteiger partial charge in [-0.3, -0.25) is 0 Å². The summed E-state index contributed by atoms with van der Waals surface area (Å²) in [6.07, 6.45) is 1.90. The monoisotopic (exact) mass is 396 g/mol. The third-order valence-corrected chi connectivity index (χ3v) is 3.88. The largest absolute Gasteiger partial charge is 0.370 e. The average Bonchev–Trinajstić information content (AvgIpc) is 2.50. The Kier molecular flexibility index (Phi) is 5.78. The van der Waals surface area contributed by atoms with Gasteiger partial charge in [0.15, 0.2) is 0 Å². The van der Waals surface area contributed by atoms with Gasteiger partial charge in [-0.2, -0.15) is 0 Å². The molecule has 0 aliphatic heterocycles. The van der Waals surface area contributed by atoms with Crippen molar-refractivity contribution >= 4 is 39.9 Å². The van der Waals surface area contributed by atoms with Crippen molar-refractivity contribution in [2.24, 2.45) is 0 Å². The van der Waals surface area contributed by atoms with E-state index in [2.05, 4.69) is 81.3 Å². The molecule has 1 aromatic heterocycles. The van der Waals surface area contributed by atoms with Gasteiger partial charge in [0, 0.05) is 27.8 Å². The van der Waals surface area contributed by atoms with Crippen molar-refractivity contribution in [1.82, 2.24) is 9.97 Å². The van der Waals surface area contributed by atoms with Gasteiger partial charge in [0.05, 0.1) is 0 Å². The second kappa shape index (κ2) is 7.59. The highest BCUT2D eigenvalue weighted by molar-refractivity contribution is 14.1. The van der Waals surface area contributed by atoms with Crippen LogP contribution in [0.4, 0.5) is 17.3 Å². The van der Waals surface area contributed by atoms with Gasteiger partial charge in [-0.1, -0.05) is 13.8 Å². The molecule has 1 aromatic carbocycles. The highest BCUT2D eigenvalue weighted by atomic mass is 127.